The maximum absolute atomic E-state index is 5.44. The number of anilines is 2. The van der Waals surface area contributed by atoms with Gasteiger partial charge < -0.3 is 15.5 Å². The van der Waals surface area contributed by atoms with Gasteiger partial charge in [0.1, 0.15) is 17.5 Å². The van der Waals surface area contributed by atoms with Gasteiger partial charge in [-0.1, -0.05) is 13.8 Å². The molecule has 0 saturated carbocycles. The Bertz CT molecular complexity index is 602. The van der Waals surface area contributed by atoms with Crippen LogP contribution in [0.15, 0.2) is 24.4 Å². The number of nitrogen functional groups attached to an aromatic ring is 1. The van der Waals surface area contributed by atoms with Crippen LogP contribution in [0.1, 0.15) is 31.2 Å². The summed E-state index contributed by atoms with van der Waals surface area (Å²) < 4.78 is 5.10. The topological polar surface area (TPSA) is 98.0 Å². The predicted octanol–water partition coefficient (Wildman–Crippen LogP) is 1.90. The summed E-state index contributed by atoms with van der Waals surface area (Å²) in [6.45, 7) is 4.68. The summed E-state index contributed by atoms with van der Waals surface area (Å²) in [4.78, 5) is 12.9. The van der Waals surface area contributed by atoms with Gasteiger partial charge in [-0.05, 0) is 11.6 Å². The molecule has 0 spiro atoms. The summed E-state index contributed by atoms with van der Waals surface area (Å²) in [5.41, 5.74) is 3.61. The minimum atomic E-state index is 0.222. The second-order valence-electron chi connectivity index (χ2n) is 4.86. The molecule has 0 unspecified atom stereocenters. The molecule has 4 N–H and O–H groups in total. The van der Waals surface area contributed by atoms with Crippen LogP contribution in [0.2, 0.25) is 0 Å². The minimum Gasteiger partial charge on any atom is -0.481 e. The fourth-order valence-electron chi connectivity index (χ4n) is 1.75. The molecule has 0 atom stereocenters. The van der Waals surface area contributed by atoms with E-state index in [1.165, 1.54) is 0 Å². The van der Waals surface area contributed by atoms with Crippen molar-refractivity contribution in [2.45, 2.75) is 26.3 Å². The lowest BCUT2D eigenvalue weighted by molar-refractivity contribution is 0.397. The van der Waals surface area contributed by atoms with Crippen molar-refractivity contribution in [3.63, 3.8) is 0 Å². The van der Waals surface area contributed by atoms with Crippen LogP contribution in [0.25, 0.3) is 0 Å². The lowest BCUT2D eigenvalue weighted by Gasteiger charge is -2.11. The van der Waals surface area contributed by atoms with Gasteiger partial charge in [-0.15, -0.1) is 0 Å². The van der Waals surface area contributed by atoms with Crippen molar-refractivity contribution >= 4 is 11.6 Å². The molecule has 0 aromatic carbocycles. The molecule has 0 aliphatic heterocycles. The number of nitrogens with two attached hydrogens (primary N) is 1. The van der Waals surface area contributed by atoms with Crippen molar-refractivity contribution in [2.24, 2.45) is 5.84 Å². The van der Waals surface area contributed by atoms with E-state index in [9.17, 15) is 0 Å². The summed E-state index contributed by atoms with van der Waals surface area (Å²) in [7, 11) is 1.60. The highest BCUT2D eigenvalue weighted by Crippen LogP contribution is 2.17. The van der Waals surface area contributed by atoms with Gasteiger partial charge in [0.25, 0.3) is 0 Å². The molecule has 2 aromatic heterocycles. The molecular weight excluding hydrogens is 268 g/mol. The van der Waals surface area contributed by atoms with E-state index in [0.29, 0.717) is 18.2 Å². The molecule has 0 fully saturated rings. The van der Waals surface area contributed by atoms with Crippen LogP contribution >= 0.6 is 0 Å². The summed E-state index contributed by atoms with van der Waals surface area (Å²) in [5, 5.41) is 3.25. The van der Waals surface area contributed by atoms with E-state index in [1.807, 2.05) is 26.0 Å². The Morgan fingerprint density at radius 1 is 1.24 bits per heavy atom. The number of methoxy groups -OCH3 is 1. The standard InChI is InChI=1S/C14H20N6O/c1-9(2)14-18-11(7-12(19-14)20-15)17-8-10-4-5-16-13(6-10)21-3/h4-7,9H,8,15H2,1-3H3,(H2,17,18,19,20). The summed E-state index contributed by atoms with van der Waals surface area (Å²) in [5.74, 6) is 8.29. The van der Waals surface area contributed by atoms with Gasteiger partial charge in [0.05, 0.1) is 7.11 Å². The van der Waals surface area contributed by atoms with Crippen molar-refractivity contribution in [3.8, 4) is 5.88 Å². The Morgan fingerprint density at radius 3 is 2.67 bits per heavy atom. The zero-order chi connectivity index (χ0) is 15.2. The van der Waals surface area contributed by atoms with Gasteiger partial charge in [0, 0.05) is 30.8 Å². The monoisotopic (exact) mass is 288 g/mol. The second-order valence-corrected chi connectivity index (χ2v) is 4.86. The van der Waals surface area contributed by atoms with Crippen molar-refractivity contribution in [1.82, 2.24) is 15.0 Å². The molecule has 0 aliphatic rings. The van der Waals surface area contributed by atoms with E-state index >= 15 is 0 Å². The first kappa shape index (κ1) is 15.0. The number of hydrazine groups is 1. The number of nitrogens with one attached hydrogen (secondary N) is 2. The summed E-state index contributed by atoms with van der Waals surface area (Å²) in [6, 6.07) is 5.56. The number of aromatic nitrogens is 3. The Balaban J connectivity index is 2.13. The molecule has 0 saturated heterocycles. The van der Waals surface area contributed by atoms with Crippen LogP contribution in [0, 0.1) is 0 Å². The number of hydrogen-bond donors (Lipinski definition) is 3. The molecule has 0 bridgehead atoms. The average molecular weight is 288 g/mol. The number of rotatable bonds is 6. The molecule has 112 valence electrons. The quantitative estimate of drug-likeness (QED) is 0.551. The molecule has 2 heterocycles. The minimum absolute atomic E-state index is 0.222. The van der Waals surface area contributed by atoms with Crippen molar-refractivity contribution in [1.29, 1.82) is 0 Å². The molecule has 2 rings (SSSR count). The first-order chi connectivity index (χ1) is 10.1. The van der Waals surface area contributed by atoms with Gasteiger partial charge >= 0.3 is 0 Å². The lowest BCUT2D eigenvalue weighted by Crippen LogP contribution is -2.13. The van der Waals surface area contributed by atoms with Crippen molar-refractivity contribution < 1.29 is 4.74 Å². The normalized spacial score (nSPS) is 10.5. The molecule has 7 nitrogen and oxygen atoms in total. The Hall–Kier alpha value is -2.41. The number of pyridine rings is 1. The zero-order valence-electron chi connectivity index (χ0n) is 12.4. The van der Waals surface area contributed by atoms with E-state index in [1.54, 1.807) is 19.4 Å². The molecule has 0 radical (unpaired) electrons. The molecule has 7 heteroatoms. The molecule has 21 heavy (non-hydrogen) atoms. The maximum Gasteiger partial charge on any atom is 0.213 e. The van der Waals surface area contributed by atoms with E-state index in [-0.39, 0.29) is 5.92 Å². The van der Waals surface area contributed by atoms with E-state index in [4.69, 9.17) is 10.6 Å². The summed E-state index contributed by atoms with van der Waals surface area (Å²) in [6.07, 6.45) is 1.71. The van der Waals surface area contributed by atoms with E-state index < -0.39 is 0 Å². The zero-order valence-corrected chi connectivity index (χ0v) is 12.4. The summed E-state index contributed by atoms with van der Waals surface area (Å²) >= 11 is 0. The van der Waals surface area contributed by atoms with Crippen molar-refractivity contribution in [3.05, 3.63) is 35.8 Å². The third kappa shape index (κ3) is 4.03. The van der Waals surface area contributed by atoms with Crippen LogP contribution in [0.3, 0.4) is 0 Å². The lowest BCUT2D eigenvalue weighted by atomic mass is 10.2. The highest BCUT2D eigenvalue weighted by atomic mass is 16.5. The van der Waals surface area contributed by atoms with Crippen LogP contribution in [0.5, 0.6) is 5.88 Å². The fraction of sp³-hybridized carbons (Fsp3) is 0.357. The number of hydrogen-bond acceptors (Lipinski definition) is 7. The fourth-order valence-corrected chi connectivity index (χ4v) is 1.75. The Labute approximate surface area is 123 Å². The van der Waals surface area contributed by atoms with Crippen LogP contribution in [-0.2, 0) is 6.54 Å². The average Bonchev–Trinajstić information content (AvgIpc) is 2.52. The van der Waals surface area contributed by atoms with Gasteiger partial charge in [-0.25, -0.2) is 20.8 Å². The van der Waals surface area contributed by atoms with Crippen LogP contribution in [-0.4, -0.2) is 22.1 Å². The van der Waals surface area contributed by atoms with Crippen LogP contribution < -0.4 is 21.3 Å². The van der Waals surface area contributed by atoms with Gasteiger partial charge in [-0.3, -0.25) is 0 Å². The van der Waals surface area contributed by atoms with Gasteiger partial charge in [0.15, 0.2) is 0 Å². The molecule has 2 aromatic rings. The third-order valence-electron chi connectivity index (χ3n) is 2.89. The Kier molecular flexibility index (Phi) is 4.89. The molecular formula is C14H20N6O. The number of ether oxygens (including phenoxy) is 1. The largest absolute Gasteiger partial charge is 0.481 e. The third-order valence-corrected chi connectivity index (χ3v) is 2.89. The first-order valence-corrected chi connectivity index (χ1v) is 6.70. The van der Waals surface area contributed by atoms with Gasteiger partial charge in [-0.2, -0.15) is 0 Å². The maximum atomic E-state index is 5.44. The second kappa shape index (κ2) is 6.85. The Morgan fingerprint density at radius 2 is 2.00 bits per heavy atom. The highest BCUT2D eigenvalue weighted by Gasteiger charge is 2.07. The SMILES string of the molecule is COc1cc(CNc2cc(NN)nc(C(C)C)n2)ccn1. The highest BCUT2D eigenvalue weighted by molar-refractivity contribution is 5.47. The smallest absolute Gasteiger partial charge is 0.213 e. The van der Waals surface area contributed by atoms with E-state index in [2.05, 4.69) is 25.7 Å². The number of nitrogens with zero attached hydrogens (tertiary/aromatic N) is 3. The van der Waals surface area contributed by atoms with Gasteiger partial charge in [0.2, 0.25) is 5.88 Å². The first-order valence-electron chi connectivity index (χ1n) is 6.70. The van der Waals surface area contributed by atoms with Crippen LogP contribution in [0.4, 0.5) is 11.6 Å². The predicted molar refractivity (Wildman–Crippen MR) is 82.0 cm³/mol. The molecule has 0 aliphatic carbocycles. The van der Waals surface area contributed by atoms with E-state index in [0.717, 1.165) is 17.2 Å². The molecule has 0 amide bonds. The van der Waals surface area contributed by atoms with Crippen molar-refractivity contribution in [2.75, 3.05) is 17.9 Å².